The van der Waals surface area contributed by atoms with Gasteiger partial charge in [0.25, 0.3) is 0 Å². The molecule has 1 saturated carbocycles. The predicted molar refractivity (Wildman–Crippen MR) is 179 cm³/mol. The number of carboxylic acid groups (broad SMARTS) is 1. The monoisotopic (exact) mass is 663 g/mol. The van der Waals surface area contributed by atoms with E-state index in [1.165, 1.54) is 11.1 Å². The summed E-state index contributed by atoms with van der Waals surface area (Å²) in [6, 6.07) is 13.4. The molecule has 10 heteroatoms. The Morgan fingerprint density at radius 3 is 2.87 bits per heavy atom. The Hall–Kier alpha value is -2.85. The third-order valence-electron chi connectivity index (χ3n) is 10.4. The molecule has 0 amide bonds. The van der Waals surface area contributed by atoms with Crippen molar-refractivity contribution in [3.8, 4) is 5.75 Å². The first-order chi connectivity index (χ1) is 22.4. The van der Waals surface area contributed by atoms with E-state index in [1.807, 2.05) is 18.2 Å². The number of fused-ring (bicyclic) bond motifs is 3. The molecule has 2 aliphatic carbocycles. The fourth-order valence-corrected chi connectivity index (χ4v) is 8.86. The van der Waals surface area contributed by atoms with Crippen molar-refractivity contribution in [2.24, 2.45) is 11.8 Å². The summed E-state index contributed by atoms with van der Waals surface area (Å²) >= 11 is 8.07. The lowest BCUT2D eigenvalue weighted by molar-refractivity contribution is -0.116. The van der Waals surface area contributed by atoms with Crippen LogP contribution >= 0.6 is 23.4 Å². The highest BCUT2D eigenvalue weighted by molar-refractivity contribution is 7.99. The summed E-state index contributed by atoms with van der Waals surface area (Å²) in [5.41, 5.74) is 3.58. The Labute approximate surface area is 280 Å². The van der Waals surface area contributed by atoms with Crippen molar-refractivity contribution < 1.29 is 24.1 Å². The van der Waals surface area contributed by atoms with Crippen LogP contribution in [0.3, 0.4) is 0 Å². The Kier molecular flexibility index (Phi) is 9.46. The quantitative estimate of drug-likeness (QED) is 0.191. The van der Waals surface area contributed by atoms with Crippen LogP contribution in [0.5, 0.6) is 5.75 Å². The van der Waals surface area contributed by atoms with Gasteiger partial charge in [0.05, 0.1) is 36.7 Å². The van der Waals surface area contributed by atoms with Crippen molar-refractivity contribution in [2.45, 2.75) is 79.9 Å². The lowest BCUT2D eigenvalue weighted by atomic mass is 9.67. The number of aromatic nitrogens is 2. The van der Waals surface area contributed by atoms with Crippen LogP contribution in [0.25, 0.3) is 0 Å². The minimum Gasteiger partial charge on any atom is -0.490 e. The fraction of sp³-hybridized carbons (Fsp3) is 0.528. The number of carbonyl (C=O) groups is 1. The molecule has 2 aromatic carbocycles. The highest BCUT2D eigenvalue weighted by Crippen LogP contribution is 2.47. The molecule has 1 N–H and O–H groups in total. The van der Waals surface area contributed by atoms with E-state index in [-0.39, 0.29) is 28.4 Å². The first kappa shape index (κ1) is 31.7. The molecule has 3 aromatic rings. The van der Waals surface area contributed by atoms with Gasteiger partial charge in [-0.05, 0) is 97.9 Å². The Bertz CT molecular complexity index is 1550. The second-order valence-corrected chi connectivity index (χ2v) is 15.3. The normalized spacial score (nSPS) is 27.9. The molecular weight excluding hydrogens is 622 g/mol. The van der Waals surface area contributed by atoms with E-state index in [1.54, 1.807) is 36.3 Å². The first-order valence-corrected chi connectivity index (χ1v) is 17.8. The van der Waals surface area contributed by atoms with Gasteiger partial charge in [0, 0.05) is 54.2 Å². The number of ether oxygens (including phenoxy) is 3. The molecule has 46 heavy (non-hydrogen) atoms. The number of thioether (sulfide) groups is 1. The van der Waals surface area contributed by atoms with Gasteiger partial charge in [0.1, 0.15) is 5.75 Å². The molecule has 2 fully saturated rings. The van der Waals surface area contributed by atoms with Crippen LogP contribution in [0.2, 0.25) is 5.02 Å². The zero-order valence-electron chi connectivity index (χ0n) is 26.3. The zero-order valence-corrected chi connectivity index (χ0v) is 27.8. The minimum absolute atomic E-state index is 0.164. The van der Waals surface area contributed by atoms with Gasteiger partial charge in [-0.2, -0.15) is 0 Å². The predicted octanol–water partition coefficient (Wildman–Crippen LogP) is 7.07. The van der Waals surface area contributed by atoms with Crippen LogP contribution in [-0.4, -0.2) is 71.4 Å². The van der Waals surface area contributed by atoms with Gasteiger partial charge in [0.2, 0.25) is 0 Å². The van der Waals surface area contributed by atoms with Crippen LogP contribution < -0.4 is 9.64 Å². The summed E-state index contributed by atoms with van der Waals surface area (Å²) in [6.45, 7) is 5.70. The molecule has 8 nitrogen and oxygen atoms in total. The van der Waals surface area contributed by atoms with Crippen molar-refractivity contribution in [2.75, 3.05) is 37.8 Å². The summed E-state index contributed by atoms with van der Waals surface area (Å²) in [5, 5.41) is 11.7. The van der Waals surface area contributed by atoms with Gasteiger partial charge in [-0.3, -0.25) is 0 Å². The third kappa shape index (κ3) is 6.75. The molecule has 0 radical (unpaired) electrons. The summed E-state index contributed by atoms with van der Waals surface area (Å²) < 4.78 is 19.4. The standard InChI is InChI=1S/C36H42ClN3O5S/c1-23(46-35-38-13-3-14-39-35)20-44-28-11-15-43-33(18-28)29-8-5-26(29)19-40-21-36(12-2-4-24-16-27(37)7-9-30(24)36)22-45-32-10-6-25(34(41)42)17-31(32)40/h3,6-7,9-10,13-14,16-17,23,26,28-29,33H,2,4-5,8,11-12,15,18-22H2,1H3,(H,41,42)/t23-,26+,28+,29-,33-,36?/m1/s1. The number of hydrogen-bond donors (Lipinski definition) is 1. The number of anilines is 1. The molecule has 244 valence electrons. The molecule has 7 rings (SSSR count). The van der Waals surface area contributed by atoms with Crippen molar-refractivity contribution in [1.82, 2.24) is 9.97 Å². The van der Waals surface area contributed by atoms with E-state index in [9.17, 15) is 9.90 Å². The van der Waals surface area contributed by atoms with Crippen LogP contribution in [0, 0.1) is 11.8 Å². The minimum atomic E-state index is -0.924. The average Bonchev–Trinajstić information content (AvgIpc) is 3.19. The van der Waals surface area contributed by atoms with Gasteiger partial charge >= 0.3 is 5.97 Å². The zero-order chi connectivity index (χ0) is 31.7. The average molecular weight is 664 g/mol. The van der Waals surface area contributed by atoms with Crippen molar-refractivity contribution >= 4 is 35.0 Å². The lowest BCUT2D eigenvalue weighted by Crippen LogP contribution is -2.50. The third-order valence-corrected chi connectivity index (χ3v) is 11.6. The van der Waals surface area contributed by atoms with Crippen molar-refractivity contribution in [3.05, 3.63) is 76.6 Å². The highest BCUT2D eigenvalue weighted by atomic mass is 35.5. The van der Waals surface area contributed by atoms with E-state index < -0.39 is 5.97 Å². The molecule has 4 aliphatic rings. The Morgan fingerprint density at radius 2 is 2.07 bits per heavy atom. The highest BCUT2D eigenvalue weighted by Gasteiger charge is 2.45. The second-order valence-electron chi connectivity index (χ2n) is 13.4. The number of carboxylic acids is 1. The summed E-state index contributed by atoms with van der Waals surface area (Å²) in [6.07, 6.45) is 11.1. The molecule has 1 spiro atoms. The van der Waals surface area contributed by atoms with Crippen LogP contribution in [0.1, 0.15) is 66.9 Å². The van der Waals surface area contributed by atoms with E-state index in [0.29, 0.717) is 31.7 Å². The van der Waals surface area contributed by atoms with Gasteiger partial charge in [-0.15, -0.1) is 0 Å². The summed E-state index contributed by atoms with van der Waals surface area (Å²) in [5.74, 6) is 0.721. The van der Waals surface area contributed by atoms with Gasteiger partial charge in [-0.1, -0.05) is 36.4 Å². The summed E-state index contributed by atoms with van der Waals surface area (Å²) in [7, 11) is 0. The maximum Gasteiger partial charge on any atom is 0.335 e. The number of benzene rings is 2. The van der Waals surface area contributed by atoms with Crippen molar-refractivity contribution in [1.29, 1.82) is 0 Å². The second kappa shape index (κ2) is 13.7. The topological polar surface area (TPSA) is 94.0 Å². The number of aromatic carboxylic acids is 1. The Balaban J connectivity index is 1.06. The summed E-state index contributed by atoms with van der Waals surface area (Å²) in [4.78, 5) is 23.1. The molecule has 0 bridgehead atoms. The smallest absolute Gasteiger partial charge is 0.335 e. The van der Waals surface area contributed by atoms with E-state index in [0.717, 1.165) is 79.7 Å². The van der Waals surface area contributed by atoms with Crippen LogP contribution in [0.15, 0.2) is 60.0 Å². The number of hydrogen-bond acceptors (Lipinski definition) is 8. The van der Waals surface area contributed by atoms with E-state index >= 15 is 0 Å². The van der Waals surface area contributed by atoms with Crippen LogP contribution in [0.4, 0.5) is 5.69 Å². The molecule has 3 heterocycles. The van der Waals surface area contributed by atoms with E-state index in [2.05, 4.69) is 33.9 Å². The molecule has 6 atom stereocenters. The molecule has 1 unspecified atom stereocenters. The SMILES string of the molecule is C[C@H](CO[C@H]1CCO[C@@H]([C@@H]2CC[C@H]2CN2CC3(CCCc4cc(Cl)ccc43)COc3ccc(C(=O)O)cc32)C1)Sc1ncccn1. The maximum absolute atomic E-state index is 12.0. The van der Waals surface area contributed by atoms with Gasteiger partial charge < -0.3 is 24.2 Å². The maximum atomic E-state index is 12.0. The number of halogens is 1. The van der Waals surface area contributed by atoms with Crippen LogP contribution in [-0.2, 0) is 21.3 Å². The largest absolute Gasteiger partial charge is 0.490 e. The van der Waals surface area contributed by atoms with Gasteiger partial charge in [0.15, 0.2) is 5.16 Å². The fourth-order valence-electron chi connectivity index (χ4n) is 7.92. The molecule has 1 saturated heterocycles. The number of rotatable bonds is 9. The van der Waals surface area contributed by atoms with Crippen molar-refractivity contribution in [3.63, 3.8) is 0 Å². The lowest BCUT2D eigenvalue weighted by Gasteiger charge is -2.47. The van der Waals surface area contributed by atoms with Gasteiger partial charge in [-0.25, -0.2) is 14.8 Å². The first-order valence-electron chi connectivity index (χ1n) is 16.6. The molecule has 1 aromatic heterocycles. The number of nitrogens with zero attached hydrogens (tertiary/aromatic N) is 3. The van der Waals surface area contributed by atoms with E-state index in [4.69, 9.17) is 25.8 Å². The molecular formula is C36H42ClN3O5S. The molecule has 2 aliphatic heterocycles. The number of aryl methyl sites for hydroxylation is 1. The Morgan fingerprint density at radius 1 is 1.20 bits per heavy atom.